The lowest BCUT2D eigenvalue weighted by Gasteiger charge is -2.15. The van der Waals surface area contributed by atoms with Crippen molar-refractivity contribution in [1.29, 1.82) is 0 Å². The van der Waals surface area contributed by atoms with Gasteiger partial charge >= 0.3 is 12.0 Å². The van der Waals surface area contributed by atoms with E-state index in [2.05, 4.69) is 10.6 Å². The topological polar surface area (TPSA) is 125 Å². The second kappa shape index (κ2) is 7.13. The summed E-state index contributed by atoms with van der Waals surface area (Å²) in [6.45, 7) is 0. The number of anilines is 2. The molecule has 0 heterocycles. The monoisotopic (exact) mass is 294 g/mol. The van der Waals surface area contributed by atoms with Gasteiger partial charge in [-0.05, 0) is 24.3 Å². The lowest BCUT2D eigenvalue weighted by Crippen LogP contribution is -2.45. The summed E-state index contributed by atoms with van der Waals surface area (Å²) in [6, 6.07) is 4.88. The van der Waals surface area contributed by atoms with Crippen LogP contribution in [0, 0.1) is 0 Å². The summed E-state index contributed by atoms with van der Waals surface area (Å²) in [5.41, 5.74) is 6.38. The normalized spacial score (nSPS) is 11.3. The first-order chi connectivity index (χ1) is 9.79. The van der Waals surface area contributed by atoms with Crippen LogP contribution in [-0.4, -0.2) is 43.2 Å². The number of carbonyl (C=O) groups excluding carboxylic acids is 2. The number of carbonyl (C=O) groups is 3. The summed E-state index contributed by atoms with van der Waals surface area (Å²) in [4.78, 5) is 35.2. The van der Waals surface area contributed by atoms with Gasteiger partial charge in [0, 0.05) is 25.5 Å². The molecule has 0 spiro atoms. The Hall–Kier alpha value is -2.77. The lowest BCUT2D eigenvalue weighted by molar-refractivity contribution is -0.140. The molecule has 0 saturated heterocycles. The van der Waals surface area contributed by atoms with E-state index in [0.717, 1.165) is 5.69 Å². The van der Waals surface area contributed by atoms with Gasteiger partial charge in [-0.1, -0.05) is 0 Å². The number of amides is 3. The Balaban J connectivity index is 2.63. The molecular formula is C13H18N4O4. The average molecular weight is 294 g/mol. The quantitative estimate of drug-likeness (QED) is 0.596. The molecule has 0 aromatic heterocycles. The van der Waals surface area contributed by atoms with E-state index in [9.17, 15) is 14.4 Å². The molecule has 1 aromatic carbocycles. The predicted octanol–water partition coefficient (Wildman–Crippen LogP) is 0.203. The molecule has 0 aliphatic heterocycles. The molecule has 8 nitrogen and oxygen atoms in total. The van der Waals surface area contributed by atoms with Gasteiger partial charge in [0.25, 0.3) is 0 Å². The van der Waals surface area contributed by atoms with E-state index in [-0.39, 0.29) is 0 Å². The third-order valence-electron chi connectivity index (χ3n) is 2.65. The summed E-state index contributed by atoms with van der Waals surface area (Å²) in [5.74, 6) is -2.13. The molecule has 3 amide bonds. The summed E-state index contributed by atoms with van der Waals surface area (Å²) >= 11 is 0. The fourth-order valence-corrected chi connectivity index (χ4v) is 1.57. The molecule has 0 radical (unpaired) electrons. The number of benzene rings is 1. The summed E-state index contributed by atoms with van der Waals surface area (Å²) < 4.78 is 0. The van der Waals surface area contributed by atoms with Crippen LogP contribution >= 0.6 is 0 Å². The number of hydrogen-bond acceptors (Lipinski definition) is 4. The van der Waals surface area contributed by atoms with Crippen molar-refractivity contribution in [1.82, 2.24) is 5.32 Å². The van der Waals surface area contributed by atoms with Gasteiger partial charge in [0.2, 0.25) is 5.91 Å². The highest BCUT2D eigenvalue weighted by Gasteiger charge is 2.22. The molecule has 1 rings (SSSR count). The van der Waals surface area contributed by atoms with Crippen LogP contribution < -0.4 is 21.3 Å². The van der Waals surface area contributed by atoms with Gasteiger partial charge in [-0.2, -0.15) is 0 Å². The molecular weight excluding hydrogens is 276 g/mol. The second-order valence-corrected chi connectivity index (χ2v) is 4.60. The zero-order valence-corrected chi connectivity index (χ0v) is 11.8. The Labute approximate surface area is 121 Å². The van der Waals surface area contributed by atoms with Crippen LogP contribution in [0.5, 0.6) is 0 Å². The third kappa shape index (κ3) is 5.39. The van der Waals surface area contributed by atoms with Gasteiger partial charge in [-0.15, -0.1) is 0 Å². The van der Waals surface area contributed by atoms with Gasteiger partial charge in [-0.3, -0.25) is 4.79 Å². The highest BCUT2D eigenvalue weighted by molar-refractivity contribution is 5.93. The first-order valence-corrected chi connectivity index (χ1v) is 6.15. The van der Waals surface area contributed by atoms with Crippen LogP contribution in [0.3, 0.4) is 0 Å². The number of urea groups is 1. The number of carboxylic acids is 1. The number of nitrogens with one attached hydrogen (secondary N) is 2. The number of carboxylic acid groups (broad SMARTS) is 1. The van der Waals surface area contributed by atoms with Crippen molar-refractivity contribution in [3.8, 4) is 0 Å². The molecule has 0 fully saturated rings. The number of rotatable bonds is 6. The van der Waals surface area contributed by atoms with Gasteiger partial charge in [-0.25, -0.2) is 9.59 Å². The summed E-state index contributed by atoms with van der Waals surface area (Å²) in [7, 11) is 3.77. The van der Waals surface area contributed by atoms with E-state index in [1.165, 1.54) is 0 Å². The highest BCUT2D eigenvalue weighted by Crippen LogP contribution is 2.15. The Kier molecular flexibility index (Phi) is 5.53. The molecule has 0 unspecified atom stereocenters. The Bertz CT molecular complexity index is 527. The maximum Gasteiger partial charge on any atom is 0.326 e. The fraction of sp³-hybridized carbons (Fsp3) is 0.308. The Morgan fingerprint density at radius 1 is 1.24 bits per heavy atom. The minimum Gasteiger partial charge on any atom is -0.480 e. The SMILES string of the molecule is CN(C)c1ccc(NC(=O)N[C@@H](CC(N)=O)C(=O)O)cc1. The van der Waals surface area contributed by atoms with E-state index < -0.39 is 30.4 Å². The van der Waals surface area contributed by atoms with Crippen molar-refractivity contribution in [2.75, 3.05) is 24.3 Å². The van der Waals surface area contributed by atoms with Crippen LogP contribution in [0.2, 0.25) is 0 Å². The Morgan fingerprint density at radius 2 is 1.81 bits per heavy atom. The molecule has 5 N–H and O–H groups in total. The average Bonchev–Trinajstić information content (AvgIpc) is 2.37. The molecule has 0 saturated carbocycles. The molecule has 0 bridgehead atoms. The molecule has 21 heavy (non-hydrogen) atoms. The predicted molar refractivity (Wildman–Crippen MR) is 78.2 cm³/mol. The van der Waals surface area contributed by atoms with Crippen LogP contribution in [0.25, 0.3) is 0 Å². The summed E-state index contributed by atoms with van der Waals surface area (Å²) in [6.07, 6.45) is -0.470. The molecule has 0 aliphatic rings. The minimum atomic E-state index is -1.36. The molecule has 8 heteroatoms. The maximum atomic E-state index is 11.7. The van der Waals surface area contributed by atoms with Gasteiger partial charge in [0.15, 0.2) is 0 Å². The van der Waals surface area contributed by atoms with E-state index in [1.54, 1.807) is 24.3 Å². The van der Waals surface area contributed by atoms with Crippen molar-refractivity contribution >= 4 is 29.3 Å². The van der Waals surface area contributed by atoms with E-state index in [0.29, 0.717) is 5.69 Å². The minimum absolute atomic E-state index is 0.470. The smallest absolute Gasteiger partial charge is 0.326 e. The molecule has 0 aliphatic carbocycles. The standard InChI is InChI=1S/C13H18N4O4/c1-17(2)9-5-3-8(4-6-9)15-13(21)16-10(12(19)20)7-11(14)18/h3-6,10H,7H2,1-2H3,(H2,14,18)(H,19,20)(H2,15,16,21)/t10-/m0/s1. The summed E-state index contributed by atoms with van der Waals surface area (Å²) in [5, 5.41) is 13.5. The van der Waals surface area contributed by atoms with Crippen LogP contribution in [0.15, 0.2) is 24.3 Å². The van der Waals surface area contributed by atoms with Crippen molar-refractivity contribution in [2.45, 2.75) is 12.5 Å². The molecule has 114 valence electrons. The highest BCUT2D eigenvalue weighted by atomic mass is 16.4. The van der Waals surface area contributed by atoms with Gasteiger partial charge < -0.3 is 26.4 Å². The fourth-order valence-electron chi connectivity index (χ4n) is 1.57. The van der Waals surface area contributed by atoms with Crippen LogP contribution in [0.1, 0.15) is 6.42 Å². The number of aliphatic carboxylic acids is 1. The first kappa shape index (κ1) is 16.3. The maximum absolute atomic E-state index is 11.7. The van der Waals surface area contributed by atoms with E-state index >= 15 is 0 Å². The van der Waals surface area contributed by atoms with Crippen molar-refractivity contribution in [3.05, 3.63) is 24.3 Å². The number of nitrogens with zero attached hydrogens (tertiary/aromatic N) is 1. The van der Waals surface area contributed by atoms with Gasteiger partial charge in [0.1, 0.15) is 6.04 Å². The Morgan fingerprint density at radius 3 is 2.24 bits per heavy atom. The van der Waals surface area contributed by atoms with Crippen LogP contribution in [0.4, 0.5) is 16.2 Å². The first-order valence-electron chi connectivity index (χ1n) is 6.15. The van der Waals surface area contributed by atoms with E-state index in [1.807, 2.05) is 19.0 Å². The van der Waals surface area contributed by atoms with Gasteiger partial charge in [0.05, 0.1) is 6.42 Å². The molecule has 1 atom stereocenters. The van der Waals surface area contributed by atoms with Crippen LogP contribution in [-0.2, 0) is 9.59 Å². The second-order valence-electron chi connectivity index (χ2n) is 4.60. The van der Waals surface area contributed by atoms with Crippen molar-refractivity contribution < 1.29 is 19.5 Å². The zero-order chi connectivity index (χ0) is 16.0. The van der Waals surface area contributed by atoms with Crippen molar-refractivity contribution in [3.63, 3.8) is 0 Å². The zero-order valence-electron chi connectivity index (χ0n) is 11.8. The van der Waals surface area contributed by atoms with E-state index in [4.69, 9.17) is 10.8 Å². The number of nitrogens with two attached hydrogens (primary N) is 1. The number of primary amides is 1. The van der Waals surface area contributed by atoms with Crippen molar-refractivity contribution in [2.24, 2.45) is 5.73 Å². The lowest BCUT2D eigenvalue weighted by atomic mass is 10.2. The number of hydrogen-bond donors (Lipinski definition) is 4. The third-order valence-corrected chi connectivity index (χ3v) is 2.65. The largest absolute Gasteiger partial charge is 0.480 e. The molecule has 1 aromatic rings.